The van der Waals surface area contributed by atoms with E-state index in [1.54, 1.807) is 0 Å². The first-order valence-electron chi connectivity index (χ1n) is 7.77. The van der Waals surface area contributed by atoms with Crippen molar-refractivity contribution in [2.75, 3.05) is 19.7 Å². The lowest BCUT2D eigenvalue weighted by Gasteiger charge is -2.27. The van der Waals surface area contributed by atoms with Gasteiger partial charge in [-0.3, -0.25) is 4.90 Å². The minimum absolute atomic E-state index is 0.215. The average Bonchev–Trinajstić information content (AvgIpc) is 2.93. The van der Waals surface area contributed by atoms with E-state index in [0.717, 1.165) is 13.1 Å². The molecule has 1 aromatic rings. The van der Waals surface area contributed by atoms with Gasteiger partial charge in [0.1, 0.15) is 0 Å². The number of nitrogens with one attached hydrogen (secondary N) is 1. The molecule has 0 amide bonds. The predicted molar refractivity (Wildman–Crippen MR) is 83.7 cm³/mol. The molecule has 0 radical (unpaired) electrons. The van der Waals surface area contributed by atoms with Gasteiger partial charge in [-0.1, -0.05) is 44.2 Å². The lowest BCUT2D eigenvalue weighted by molar-refractivity contribution is 0.194. The maximum Gasteiger partial charge on any atom is 0.0587 e. The minimum atomic E-state index is 0.215. The van der Waals surface area contributed by atoms with Crippen LogP contribution in [0.5, 0.6) is 0 Å². The molecule has 1 aromatic carbocycles. The molecule has 0 spiro atoms. The number of likely N-dealkylation sites (tertiary alicyclic amines) is 1. The van der Waals surface area contributed by atoms with Gasteiger partial charge in [0.25, 0.3) is 0 Å². The zero-order valence-electron chi connectivity index (χ0n) is 12.9. The van der Waals surface area contributed by atoms with Crippen LogP contribution in [0.15, 0.2) is 30.3 Å². The highest BCUT2D eigenvalue weighted by molar-refractivity contribution is 5.18. The molecule has 20 heavy (non-hydrogen) atoms. The van der Waals surface area contributed by atoms with Crippen LogP contribution in [0.3, 0.4) is 0 Å². The van der Waals surface area contributed by atoms with Crippen molar-refractivity contribution in [3.8, 4) is 0 Å². The summed E-state index contributed by atoms with van der Waals surface area (Å²) in [5.41, 5.74) is 1.38. The summed E-state index contributed by atoms with van der Waals surface area (Å²) in [5, 5.41) is 13.0. The molecule has 112 valence electrons. The number of nitrogens with zero attached hydrogens (tertiary/aromatic N) is 1. The van der Waals surface area contributed by atoms with Crippen molar-refractivity contribution in [2.24, 2.45) is 5.92 Å². The fraction of sp³-hybridized carbons (Fsp3) is 0.647. The lowest BCUT2D eigenvalue weighted by atomic mass is 10.0. The third kappa shape index (κ3) is 3.81. The zero-order valence-corrected chi connectivity index (χ0v) is 12.9. The van der Waals surface area contributed by atoms with E-state index >= 15 is 0 Å². The van der Waals surface area contributed by atoms with Crippen molar-refractivity contribution in [1.29, 1.82) is 0 Å². The van der Waals surface area contributed by atoms with Crippen molar-refractivity contribution in [3.63, 3.8) is 0 Å². The van der Waals surface area contributed by atoms with E-state index < -0.39 is 0 Å². The van der Waals surface area contributed by atoms with Crippen LogP contribution >= 0.6 is 0 Å². The molecule has 2 N–H and O–H groups in total. The first-order valence-corrected chi connectivity index (χ1v) is 7.77. The Bertz CT molecular complexity index is 393. The normalized spacial score (nSPS) is 23.1. The standard InChI is InChI=1S/C17H28N2O/c1-13(2)17(12-20)18-16-9-10-19(11-16)14(3)15-7-5-4-6-8-15/h4-8,13-14,16-18,20H,9-12H2,1-3H3/t14-,16-,17-/m1/s1. The van der Waals surface area contributed by atoms with Gasteiger partial charge in [0.05, 0.1) is 6.61 Å². The van der Waals surface area contributed by atoms with E-state index in [0.29, 0.717) is 18.0 Å². The minimum Gasteiger partial charge on any atom is -0.395 e. The number of rotatable bonds is 6. The first kappa shape index (κ1) is 15.5. The number of aliphatic hydroxyl groups excluding tert-OH is 1. The van der Waals surface area contributed by atoms with Gasteiger partial charge in [0.15, 0.2) is 0 Å². The summed E-state index contributed by atoms with van der Waals surface area (Å²) >= 11 is 0. The van der Waals surface area contributed by atoms with E-state index in [2.05, 4.69) is 61.3 Å². The molecule has 0 aliphatic carbocycles. The summed E-state index contributed by atoms with van der Waals surface area (Å²) in [7, 11) is 0. The molecule has 0 saturated carbocycles. The molecule has 2 rings (SSSR count). The van der Waals surface area contributed by atoms with Gasteiger partial charge in [0.2, 0.25) is 0 Å². The van der Waals surface area contributed by atoms with Gasteiger partial charge in [0, 0.05) is 31.2 Å². The van der Waals surface area contributed by atoms with Crippen LogP contribution in [0.25, 0.3) is 0 Å². The Kier molecular flexibility index (Phi) is 5.58. The van der Waals surface area contributed by atoms with Crippen LogP contribution in [0.4, 0.5) is 0 Å². The Morgan fingerprint density at radius 3 is 2.55 bits per heavy atom. The fourth-order valence-electron chi connectivity index (χ4n) is 2.98. The Hall–Kier alpha value is -0.900. The van der Waals surface area contributed by atoms with Crippen molar-refractivity contribution >= 4 is 0 Å². The third-order valence-corrected chi connectivity index (χ3v) is 4.50. The zero-order chi connectivity index (χ0) is 14.5. The second-order valence-electron chi connectivity index (χ2n) is 6.27. The fourth-order valence-corrected chi connectivity index (χ4v) is 2.98. The predicted octanol–water partition coefficient (Wildman–Crippen LogP) is 2.43. The molecule has 3 nitrogen and oxygen atoms in total. The van der Waals surface area contributed by atoms with E-state index in [-0.39, 0.29) is 12.6 Å². The van der Waals surface area contributed by atoms with Gasteiger partial charge in [-0.25, -0.2) is 0 Å². The highest BCUT2D eigenvalue weighted by Gasteiger charge is 2.28. The van der Waals surface area contributed by atoms with E-state index in [9.17, 15) is 5.11 Å². The number of hydrogen-bond acceptors (Lipinski definition) is 3. The Morgan fingerprint density at radius 2 is 1.95 bits per heavy atom. The van der Waals surface area contributed by atoms with Crippen molar-refractivity contribution in [1.82, 2.24) is 10.2 Å². The molecular formula is C17H28N2O. The van der Waals surface area contributed by atoms with Gasteiger partial charge < -0.3 is 10.4 Å². The van der Waals surface area contributed by atoms with Crippen LogP contribution in [0.1, 0.15) is 38.8 Å². The Labute approximate surface area is 123 Å². The van der Waals surface area contributed by atoms with Crippen LogP contribution < -0.4 is 5.32 Å². The van der Waals surface area contributed by atoms with Gasteiger partial charge in [-0.05, 0) is 24.8 Å². The van der Waals surface area contributed by atoms with Crippen molar-refractivity contribution in [3.05, 3.63) is 35.9 Å². The molecule has 3 heteroatoms. The maximum atomic E-state index is 9.43. The summed E-state index contributed by atoms with van der Waals surface area (Å²) in [6.07, 6.45) is 1.17. The van der Waals surface area contributed by atoms with E-state index in [4.69, 9.17) is 0 Å². The van der Waals surface area contributed by atoms with Crippen molar-refractivity contribution in [2.45, 2.75) is 45.3 Å². The van der Waals surface area contributed by atoms with Gasteiger partial charge in [-0.15, -0.1) is 0 Å². The molecule has 1 aliphatic heterocycles. The largest absolute Gasteiger partial charge is 0.395 e. The molecule has 0 aromatic heterocycles. The van der Waals surface area contributed by atoms with Crippen molar-refractivity contribution < 1.29 is 5.11 Å². The second kappa shape index (κ2) is 7.21. The lowest BCUT2D eigenvalue weighted by Crippen LogP contribution is -2.45. The smallest absolute Gasteiger partial charge is 0.0587 e. The average molecular weight is 276 g/mol. The molecule has 1 saturated heterocycles. The first-order chi connectivity index (χ1) is 9.61. The maximum absolute atomic E-state index is 9.43. The summed E-state index contributed by atoms with van der Waals surface area (Å²) in [5.74, 6) is 0.473. The Balaban J connectivity index is 1.89. The SMILES string of the molecule is CC(C)[C@@H](CO)N[C@@H]1CCN([C@H](C)c2ccccc2)C1. The summed E-state index contributed by atoms with van der Waals surface area (Å²) in [4.78, 5) is 2.53. The Morgan fingerprint density at radius 1 is 1.25 bits per heavy atom. The molecule has 0 bridgehead atoms. The summed E-state index contributed by atoms with van der Waals surface area (Å²) in [6.45, 7) is 9.02. The van der Waals surface area contributed by atoms with Gasteiger partial charge in [-0.2, -0.15) is 0 Å². The monoisotopic (exact) mass is 276 g/mol. The highest BCUT2D eigenvalue weighted by atomic mass is 16.3. The third-order valence-electron chi connectivity index (χ3n) is 4.50. The number of aliphatic hydroxyl groups is 1. The molecule has 1 heterocycles. The topological polar surface area (TPSA) is 35.5 Å². The van der Waals surface area contributed by atoms with E-state index in [1.807, 2.05) is 0 Å². The van der Waals surface area contributed by atoms with E-state index in [1.165, 1.54) is 12.0 Å². The second-order valence-corrected chi connectivity index (χ2v) is 6.27. The highest BCUT2D eigenvalue weighted by Crippen LogP contribution is 2.24. The molecule has 3 atom stereocenters. The number of hydrogen-bond donors (Lipinski definition) is 2. The molecule has 0 unspecified atom stereocenters. The molecule has 1 aliphatic rings. The van der Waals surface area contributed by atoms with Crippen LogP contribution in [-0.2, 0) is 0 Å². The number of benzene rings is 1. The quantitative estimate of drug-likeness (QED) is 0.837. The van der Waals surface area contributed by atoms with Crippen LogP contribution in [0, 0.1) is 5.92 Å². The van der Waals surface area contributed by atoms with Gasteiger partial charge >= 0.3 is 0 Å². The molecule has 1 fully saturated rings. The summed E-state index contributed by atoms with van der Waals surface area (Å²) in [6, 6.07) is 11.9. The molecular weight excluding hydrogens is 248 g/mol. The van der Waals surface area contributed by atoms with Crippen LogP contribution in [-0.4, -0.2) is 41.8 Å². The van der Waals surface area contributed by atoms with Crippen LogP contribution in [0.2, 0.25) is 0 Å². The summed E-state index contributed by atoms with van der Waals surface area (Å²) < 4.78 is 0.